The fourth-order valence-corrected chi connectivity index (χ4v) is 3.67. The van der Waals surface area contributed by atoms with Crippen LogP contribution in [0.4, 0.5) is 16.2 Å². The summed E-state index contributed by atoms with van der Waals surface area (Å²) in [5.41, 5.74) is 4.00. The molecule has 0 unspecified atom stereocenters. The van der Waals surface area contributed by atoms with Crippen LogP contribution in [0.5, 0.6) is 0 Å². The smallest absolute Gasteiger partial charge is 0.319 e. The molecule has 4 aromatic rings. The zero-order chi connectivity index (χ0) is 23.2. The molecule has 1 aromatic heterocycles. The molecular formula is C26H27N5O2. The first-order valence-corrected chi connectivity index (χ1v) is 11.0. The van der Waals surface area contributed by atoms with Crippen LogP contribution in [0.3, 0.4) is 0 Å². The number of nitrogens with zero attached hydrogens (tertiary/aromatic N) is 2. The first-order valence-electron chi connectivity index (χ1n) is 11.0. The van der Waals surface area contributed by atoms with Crippen LogP contribution in [0.2, 0.25) is 0 Å². The maximum Gasteiger partial charge on any atom is 0.319 e. The monoisotopic (exact) mass is 441 g/mol. The van der Waals surface area contributed by atoms with E-state index >= 15 is 0 Å². The number of carbonyl (C=O) groups excluding carboxylic acids is 2. The first kappa shape index (κ1) is 22.1. The van der Waals surface area contributed by atoms with Crippen LogP contribution < -0.4 is 16.0 Å². The summed E-state index contributed by atoms with van der Waals surface area (Å²) in [6.07, 6.45) is 0.724. The summed E-state index contributed by atoms with van der Waals surface area (Å²) in [5, 5.41) is 8.48. The Bertz CT molecular complexity index is 1260. The highest BCUT2D eigenvalue weighted by atomic mass is 16.2. The van der Waals surface area contributed by atoms with Gasteiger partial charge >= 0.3 is 6.03 Å². The molecule has 0 spiro atoms. The van der Waals surface area contributed by atoms with Crippen LogP contribution in [-0.2, 0) is 11.2 Å². The lowest BCUT2D eigenvalue weighted by atomic mass is 10.2. The molecule has 3 N–H and O–H groups in total. The molecule has 168 valence electrons. The molecule has 0 aliphatic carbocycles. The number of aromatic nitrogens is 2. The van der Waals surface area contributed by atoms with Crippen LogP contribution in [-0.4, -0.2) is 27.5 Å². The minimum atomic E-state index is -0.316. The van der Waals surface area contributed by atoms with Gasteiger partial charge in [-0.2, -0.15) is 0 Å². The number of hydrogen-bond acceptors (Lipinski definition) is 3. The molecule has 0 atom stereocenters. The second-order valence-electron chi connectivity index (χ2n) is 8.03. The Morgan fingerprint density at radius 3 is 2.21 bits per heavy atom. The average Bonchev–Trinajstić information content (AvgIpc) is 3.17. The summed E-state index contributed by atoms with van der Waals surface area (Å²) in [6.45, 7) is 3.77. The van der Waals surface area contributed by atoms with Gasteiger partial charge in [0.2, 0.25) is 5.91 Å². The van der Waals surface area contributed by atoms with Crippen molar-refractivity contribution in [1.29, 1.82) is 0 Å². The molecule has 4 rings (SSSR count). The van der Waals surface area contributed by atoms with E-state index in [1.807, 2.05) is 80.6 Å². The predicted octanol–water partition coefficient (Wildman–Crippen LogP) is 5.13. The van der Waals surface area contributed by atoms with E-state index in [0.717, 1.165) is 22.5 Å². The number of amides is 3. The topological polar surface area (TPSA) is 88.1 Å². The average molecular weight is 442 g/mol. The van der Waals surface area contributed by atoms with Crippen LogP contribution in [0.25, 0.3) is 16.7 Å². The normalized spacial score (nSPS) is 10.9. The molecule has 0 bridgehead atoms. The Balaban J connectivity index is 1.49. The van der Waals surface area contributed by atoms with Gasteiger partial charge in [-0.3, -0.25) is 9.36 Å². The quantitative estimate of drug-likeness (QED) is 0.372. The number of urea groups is 1. The molecular weight excluding hydrogens is 414 g/mol. The van der Waals surface area contributed by atoms with E-state index in [4.69, 9.17) is 4.98 Å². The van der Waals surface area contributed by atoms with E-state index in [9.17, 15) is 9.59 Å². The fourth-order valence-electron chi connectivity index (χ4n) is 3.67. The largest absolute Gasteiger partial charge is 0.336 e. The van der Waals surface area contributed by atoms with Crippen molar-refractivity contribution in [2.24, 2.45) is 0 Å². The minimum Gasteiger partial charge on any atom is -0.336 e. The summed E-state index contributed by atoms with van der Waals surface area (Å²) in [7, 11) is 0. The first-order chi connectivity index (χ1) is 16.0. The van der Waals surface area contributed by atoms with E-state index in [1.54, 1.807) is 12.1 Å². The second kappa shape index (κ2) is 9.99. The van der Waals surface area contributed by atoms with Gasteiger partial charge < -0.3 is 16.0 Å². The van der Waals surface area contributed by atoms with Gasteiger partial charge in [-0.1, -0.05) is 42.5 Å². The van der Waals surface area contributed by atoms with Gasteiger partial charge in [-0.15, -0.1) is 0 Å². The van der Waals surface area contributed by atoms with Crippen molar-refractivity contribution < 1.29 is 9.59 Å². The molecule has 0 aliphatic heterocycles. The molecule has 0 saturated carbocycles. The van der Waals surface area contributed by atoms with Crippen molar-refractivity contribution in [3.05, 3.63) is 84.7 Å². The van der Waals surface area contributed by atoms with Crippen LogP contribution in [0.1, 0.15) is 26.1 Å². The number of rotatable bonds is 7. The Kier molecular flexibility index (Phi) is 6.69. The molecule has 33 heavy (non-hydrogen) atoms. The third kappa shape index (κ3) is 5.38. The lowest BCUT2D eigenvalue weighted by Gasteiger charge is -2.14. The molecule has 3 aromatic carbocycles. The molecule has 7 nitrogen and oxygen atoms in total. The Morgan fingerprint density at radius 1 is 0.848 bits per heavy atom. The number of anilines is 2. The van der Waals surface area contributed by atoms with Crippen LogP contribution in [0.15, 0.2) is 78.9 Å². The van der Waals surface area contributed by atoms with E-state index in [2.05, 4.69) is 20.5 Å². The highest BCUT2D eigenvalue weighted by Gasteiger charge is 2.15. The van der Waals surface area contributed by atoms with Gasteiger partial charge in [0.15, 0.2) is 0 Å². The van der Waals surface area contributed by atoms with Crippen molar-refractivity contribution in [2.45, 2.75) is 32.7 Å². The third-order valence-corrected chi connectivity index (χ3v) is 5.09. The van der Waals surface area contributed by atoms with Crippen molar-refractivity contribution in [3.63, 3.8) is 0 Å². The van der Waals surface area contributed by atoms with Crippen molar-refractivity contribution in [3.8, 4) is 5.69 Å². The Hall–Kier alpha value is -4.13. The van der Waals surface area contributed by atoms with E-state index in [0.29, 0.717) is 17.8 Å². The van der Waals surface area contributed by atoms with Gasteiger partial charge in [0.1, 0.15) is 5.82 Å². The zero-order valence-electron chi connectivity index (χ0n) is 18.7. The van der Waals surface area contributed by atoms with Gasteiger partial charge in [0.05, 0.1) is 22.4 Å². The number of nitrogens with one attached hydrogen (secondary N) is 3. The summed E-state index contributed by atoms with van der Waals surface area (Å²) >= 11 is 0. The highest BCUT2D eigenvalue weighted by molar-refractivity contribution is 5.99. The van der Waals surface area contributed by atoms with Crippen molar-refractivity contribution in [1.82, 2.24) is 14.9 Å². The molecule has 0 fully saturated rings. The lowest BCUT2D eigenvalue weighted by molar-refractivity contribution is -0.116. The summed E-state index contributed by atoms with van der Waals surface area (Å²) in [5.74, 6) is 0.667. The van der Waals surface area contributed by atoms with Gasteiger partial charge in [-0.25, -0.2) is 9.78 Å². The van der Waals surface area contributed by atoms with E-state index in [-0.39, 0.29) is 24.4 Å². The molecule has 3 amide bonds. The van der Waals surface area contributed by atoms with Crippen molar-refractivity contribution in [2.75, 3.05) is 10.6 Å². The Labute approximate surface area is 192 Å². The number of fused-ring (bicyclic) bond motifs is 1. The molecule has 0 radical (unpaired) electrons. The van der Waals surface area contributed by atoms with Crippen LogP contribution >= 0.6 is 0 Å². The number of benzene rings is 3. The Morgan fingerprint density at radius 2 is 1.48 bits per heavy atom. The van der Waals surface area contributed by atoms with Crippen molar-refractivity contribution >= 4 is 34.3 Å². The molecule has 7 heteroatoms. The maximum absolute atomic E-state index is 12.8. The summed E-state index contributed by atoms with van der Waals surface area (Å²) in [4.78, 5) is 29.6. The third-order valence-electron chi connectivity index (χ3n) is 5.09. The fraction of sp³-hybridized carbons (Fsp3) is 0.192. The van der Waals surface area contributed by atoms with Gasteiger partial charge in [-0.05, 0) is 50.2 Å². The number of aryl methyl sites for hydroxylation is 1. The predicted molar refractivity (Wildman–Crippen MR) is 132 cm³/mol. The number of para-hydroxylation sites is 5. The number of hydrogen-bond donors (Lipinski definition) is 3. The zero-order valence-corrected chi connectivity index (χ0v) is 18.7. The lowest BCUT2D eigenvalue weighted by Crippen LogP contribution is -2.34. The minimum absolute atomic E-state index is 0.00984. The standard InChI is InChI=1S/C26H27N5O2/c1-18(2)27-26(33)30-21-13-7-6-12-20(21)29-25(32)17-16-24-28-22-14-8-9-15-23(22)31(24)19-10-4-3-5-11-19/h3-15,18H,16-17H2,1-2H3,(H,29,32)(H2,27,30,33). The molecule has 0 aliphatic rings. The van der Waals surface area contributed by atoms with Crippen LogP contribution in [0, 0.1) is 0 Å². The number of imidazole rings is 1. The summed E-state index contributed by atoms with van der Waals surface area (Å²) < 4.78 is 2.09. The summed E-state index contributed by atoms with van der Waals surface area (Å²) in [6, 6.07) is 24.8. The maximum atomic E-state index is 12.8. The van der Waals surface area contributed by atoms with E-state index < -0.39 is 0 Å². The number of carbonyl (C=O) groups is 2. The molecule has 0 saturated heterocycles. The SMILES string of the molecule is CC(C)NC(=O)Nc1ccccc1NC(=O)CCc1nc2ccccc2n1-c1ccccc1. The van der Waals surface area contributed by atoms with E-state index in [1.165, 1.54) is 0 Å². The second-order valence-corrected chi connectivity index (χ2v) is 8.03. The van der Waals surface area contributed by atoms with Gasteiger partial charge in [0, 0.05) is 24.6 Å². The highest BCUT2D eigenvalue weighted by Crippen LogP contribution is 2.24. The molecule has 1 heterocycles. The van der Waals surface area contributed by atoms with Gasteiger partial charge in [0.25, 0.3) is 0 Å².